The fourth-order valence-electron chi connectivity index (χ4n) is 3.15. The summed E-state index contributed by atoms with van der Waals surface area (Å²) >= 11 is 1.76. The van der Waals surface area contributed by atoms with Crippen molar-refractivity contribution in [2.24, 2.45) is 0 Å². The molecule has 25 heavy (non-hydrogen) atoms. The second-order valence-electron chi connectivity index (χ2n) is 6.38. The Hall–Kier alpha value is -1.25. The molecule has 8 heteroatoms. The van der Waals surface area contributed by atoms with Gasteiger partial charge in [-0.25, -0.2) is 8.42 Å². The van der Waals surface area contributed by atoms with Crippen LogP contribution in [0.5, 0.6) is 0 Å². The molecule has 1 amide bonds. The van der Waals surface area contributed by atoms with E-state index in [2.05, 4.69) is 16.4 Å². The summed E-state index contributed by atoms with van der Waals surface area (Å²) in [5, 5.41) is 2.87. The third-order valence-electron chi connectivity index (χ3n) is 4.63. The number of aromatic nitrogens is 1. The minimum Gasteiger partial charge on any atom is -0.356 e. The van der Waals surface area contributed by atoms with Crippen molar-refractivity contribution in [2.75, 3.05) is 31.1 Å². The van der Waals surface area contributed by atoms with E-state index in [9.17, 15) is 13.2 Å². The van der Waals surface area contributed by atoms with E-state index in [4.69, 9.17) is 0 Å². The molecule has 2 N–H and O–H groups in total. The first-order chi connectivity index (χ1) is 12.1. The first-order valence-electron chi connectivity index (χ1n) is 8.80. The number of hydrogen-bond acceptors (Lipinski definition) is 4. The normalized spacial score (nSPS) is 19.4. The Labute approximate surface area is 153 Å². The summed E-state index contributed by atoms with van der Waals surface area (Å²) in [6, 6.07) is 1.44. The maximum atomic E-state index is 12.6. The fraction of sp³-hybridized carbons (Fsp3) is 0.588. The molecular weight excluding hydrogens is 358 g/mol. The van der Waals surface area contributed by atoms with Crippen molar-refractivity contribution < 1.29 is 13.2 Å². The zero-order valence-corrected chi connectivity index (χ0v) is 15.9. The van der Waals surface area contributed by atoms with Crippen LogP contribution in [0.4, 0.5) is 0 Å². The molecular formula is C17H25N3O3S2. The molecule has 0 spiro atoms. The molecule has 1 saturated heterocycles. The number of amides is 1. The quantitative estimate of drug-likeness (QED) is 0.739. The van der Waals surface area contributed by atoms with Crippen LogP contribution < -0.4 is 5.32 Å². The van der Waals surface area contributed by atoms with Gasteiger partial charge >= 0.3 is 0 Å². The van der Waals surface area contributed by atoms with E-state index in [0.717, 1.165) is 30.8 Å². The molecule has 1 aliphatic heterocycles. The molecule has 1 aromatic rings. The lowest BCUT2D eigenvalue weighted by Crippen LogP contribution is -2.37. The van der Waals surface area contributed by atoms with Gasteiger partial charge in [0.15, 0.2) is 0 Å². The number of sulfonamides is 1. The first-order valence-corrected chi connectivity index (χ1v) is 11.4. The highest BCUT2D eigenvalue weighted by Crippen LogP contribution is 2.21. The molecule has 1 aromatic heterocycles. The summed E-state index contributed by atoms with van der Waals surface area (Å²) in [4.78, 5) is 15.2. The van der Waals surface area contributed by atoms with Crippen LogP contribution in [-0.4, -0.2) is 54.8 Å². The number of allylic oxidation sites excluding steroid dienone is 1. The van der Waals surface area contributed by atoms with Crippen LogP contribution in [0.15, 0.2) is 28.8 Å². The number of carbonyl (C=O) groups is 1. The Bertz CT molecular complexity index is 734. The largest absolute Gasteiger partial charge is 0.356 e. The van der Waals surface area contributed by atoms with Crippen LogP contribution in [0.2, 0.25) is 0 Å². The lowest BCUT2D eigenvalue weighted by molar-refractivity contribution is 0.0949. The lowest BCUT2D eigenvalue weighted by Gasteiger charge is -2.24. The summed E-state index contributed by atoms with van der Waals surface area (Å²) in [6.07, 6.45) is 9.29. The van der Waals surface area contributed by atoms with Crippen molar-refractivity contribution in [3.05, 3.63) is 29.6 Å². The van der Waals surface area contributed by atoms with E-state index < -0.39 is 10.0 Å². The number of H-pyrrole nitrogens is 1. The van der Waals surface area contributed by atoms with Crippen LogP contribution in [0.25, 0.3) is 0 Å². The monoisotopic (exact) mass is 383 g/mol. The van der Waals surface area contributed by atoms with E-state index in [0.29, 0.717) is 25.3 Å². The second-order valence-corrected chi connectivity index (χ2v) is 9.54. The Morgan fingerprint density at radius 2 is 2.08 bits per heavy atom. The van der Waals surface area contributed by atoms with E-state index in [1.165, 1.54) is 35.0 Å². The molecule has 1 fully saturated rings. The standard InChI is InChI=1S/C17H25N3O3S2/c21-17(18-7-6-14-4-2-1-3-5-14)16-12-15(13-19-16)25(22,23)20-8-10-24-11-9-20/h4,12-13,19H,1-3,5-11H2,(H,18,21). The SMILES string of the molecule is O=C(NCCC1=CCCCC1)c1cc(S(=O)(=O)N2CCSCC2)c[nH]1. The van der Waals surface area contributed by atoms with Crippen molar-refractivity contribution >= 4 is 27.7 Å². The van der Waals surface area contributed by atoms with Crippen molar-refractivity contribution in [2.45, 2.75) is 37.0 Å². The summed E-state index contributed by atoms with van der Waals surface area (Å²) in [7, 11) is -3.51. The fourth-order valence-corrected chi connectivity index (χ4v) is 5.72. The van der Waals surface area contributed by atoms with Crippen molar-refractivity contribution in [1.82, 2.24) is 14.6 Å². The van der Waals surface area contributed by atoms with Gasteiger partial charge in [0.05, 0.1) is 0 Å². The van der Waals surface area contributed by atoms with Gasteiger partial charge in [-0.3, -0.25) is 4.79 Å². The van der Waals surface area contributed by atoms with Gasteiger partial charge < -0.3 is 10.3 Å². The number of rotatable bonds is 6. The number of thioether (sulfide) groups is 1. The zero-order chi connectivity index (χ0) is 17.7. The van der Waals surface area contributed by atoms with Crippen LogP contribution >= 0.6 is 11.8 Å². The maximum absolute atomic E-state index is 12.6. The molecule has 3 rings (SSSR count). The lowest BCUT2D eigenvalue weighted by atomic mass is 9.97. The molecule has 0 radical (unpaired) electrons. The molecule has 0 aromatic carbocycles. The Morgan fingerprint density at radius 1 is 1.28 bits per heavy atom. The van der Waals surface area contributed by atoms with Gasteiger partial charge in [0.25, 0.3) is 5.91 Å². The average Bonchev–Trinajstić information content (AvgIpc) is 3.14. The van der Waals surface area contributed by atoms with E-state index in [1.54, 1.807) is 11.8 Å². The summed E-state index contributed by atoms with van der Waals surface area (Å²) in [5.41, 5.74) is 1.70. The summed E-state index contributed by atoms with van der Waals surface area (Å²) < 4.78 is 26.7. The average molecular weight is 384 g/mol. The Kier molecular flexibility index (Phi) is 6.24. The van der Waals surface area contributed by atoms with Crippen LogP contribution in [0.3, 0.4) is 0 Å². The zero-order valence-electron chi connectivity index (χ0n) is 14.3. The molecule has 0 bridgehead atoms. The highest BCUT2D eigenvalue weighted by atomic mass is 32.2. The van der Waals surface area contributed by atoms with Crippen LogP contribution in [0.1, 0.15) is 42.6 Å². The highest BCUT2D eigenvalue weighted by Gasteiger charge is 2.27. The van der Waals surface area contributed by atoms with E-state index in [-0.39, 0.29) is 10.8 Å². The van der Waals surface area contributed by atoms with E-state index in [1.807, 2.05) is 0 Å². The predicted molar refractivity (Wildman–Crippen MR) is 100 cm³/mol. The number of hydrogen-bond donors (Lipinski definition) is 2. The molecule has 6 nitrogen and oxygen atoms in total. The Morgan fingerprint density at radius 3 is 2.80 bits per heavy atom. The topological polar surface area (TPSA) is 82.3 Å². The van der Waals surface area contributed by atoms with Gasteiger partial charge in [0, 0.05) is 37.3 Å². The molecule has 138 valence electrons. The van der Waals surface area contributed by atoms with Gasteiger partial charge in [0.2, 0.25) is 10.0 Å². The number of carbonyl (C=O) groups excluding carboxylic acids is 1. The van der Waals surface area contributed by atoms with Gasteiger partial charge in [-0.1, -0.05) is 11.6 Å². The third-order valence-corrected chi connectivity index (χ3v) is 7.44. The van der Waals surface area contributed by atoms with Crippen molar-refractivity contribution in [1.29, 1.82) is 0 Å². The smallest absolute Gasteiger partial charge is 0.267 e. The first kappa shape index (κ1) is 18.5. The molecule has 2 heterocycles. The van der Waals surface area contributed by atoms with Crippen molar-refractivity contribution in [3.8, 4) is 0 Å². The highest BCUT2D eigenvalue weighted by molar-refractivity contribution is 7.99. The summed E-state index contributed by atoms with van der Waals surface area (Å²) in [5.74, 6) is 1.37. The second kappa shape index (κ2) is 8.42. The van der Waals surface area contributed by atoms with Crippen LogP contribution in [0, 0.1) is 0 Å². The molecule has 1 aliphatic carbocycles. The minimum atomic E-state index is -3.51. The van der Waals surface area contributed by atoms with Gasteiger partial charge in [-0.15, -0.1) is 0 Å². The molecule has 2 aliphatic rings. The number of aromatic amines is 1. The van der Waals surface area contributed by atoms with Crippen molar-refractivity contribution in [3.63, 3.8) is 0 Å². The molecule has 0 atom stereocenters. The molecule has 0 saturated carbocycles. The van der Waals surface area contributed by atoms with Crippen LogP contribution in [-0.2, 0) is 10.0 Å². The van der Waals surface area contributed by atoms with Gasteiger partial charge in [0.1, 0.15) is 10.6 Å². The summed E-state index contributed by atoms with van der Waals surface area (Å²) in [6.45, 7) is 1.62. The Balaban J connectivity index is 1.56. The van der Waals surface area contributed by atoms with Gasteiger partial charge in [-0.05, 0) is 38.2 Å². The number of nitrogens with zero attached hydrogens (tertiary/aromatic N) is 1. The third kappa shape index (κ3) is 4.68. The maximum Gasteiger partial charge on any atom is 0.267 e. The van der Waals surface area contributed by atoms with Gasteiger partial charge in [-0.2, -0.15) is 16.1 Å². The van der Waals surface area contributed by atoms with E-state index >= 15 is 0 Å². The minimum absolute atomic E-state index is 0.166. The molecule has 0 unspecified atom stereocenters. The predicted octanol–water partition coefficient (Wildman–Crippen LogP) is 2.37. The number of nitrogens with one attached hydrogen (secondary N) is 2.